The number of benzene rings is 2. The third kappa shape index (κ3) is 7.81. The van der Waals surface area contributed by atoms with Crippen molar-refractivity contribution in [3.63, 3.8) is 0 Å². The maximum atomic E-state index is 13.4. The number of carbonyl (C=O) groups is 3. The highest BCUT2D eigenvalue weighted by atomic mass is 32.2. The first-order valence-electron chi connectivity index (χ1n) is 19.4. The molecule has 4 fully saturated rings. The number of likely N-dealkylation sites (tertiary alicyclic amines) is 1. The predicted molar refractivity (Wildman–Crippen MR) is 211 cm³/mol. The van der Waals surface area contributed by atoms with E-state index in [4.69, 9.17) is 4.74 Å². The van der Waals surface area contributed by atoms with Crippen LogP contribution in [0.4, 0.5) is 10.5 Å². The van der Waals surface area contributed by atoms with Gasteiger partial charge in [-0.05, 0) is 109 Å². The van der Waals surface area contributed by atoms with Crippen molar-refractivity contribution in [2.75, 3.05) is 37.6 Å². The third-order valence-corrected chi connectivity index (χ3v) is 12.7. The van der Waals surface area contributed by atoms with Gasteiger partial charge in [-0.25, -0.2) is 9.48 Å². The number of nitrogens with zero attached hydrogens (tertiary/aromatic N) is 7. The van der Waals surface area contributed by atoms with Crippen molar-refractivity contribution in [2.45, 2.75) is 99.6 Å². The lowest BCUT2D eigenvalue weighted by Gasteiger charge is -2.41. The molecule has 2 saturated carbocycles. The van der Waals surface area contributed by atoms with Crippen LogP contribution in [-0.2, 0) is 9.53 Å². The Balaban J connectivity index is 0.799. The number of aryl methyl sites for hydroxylation is 2. The predicted octanol–water partition coefficient (Wildman–Crippen LogP) is 6.54. The minimum absolute atomic E-state index is 0.0607. The molecule has 0 bridgehead atoms. The maximum Gasteiger partial charge on any atom is 0.410 e. The van der Waals surface area contributed by atoms with Crippen LogP contribution in [0.5, 0.6) is 0 Å². The van der Waals surface area contributed by atoms with Crippen molar-refractivity contribution in [1.82, 2.24) is 35.1 Å². The molecule has 1 unspecified atom stereocenters. The number of piperazine rings is 1. The summed E-state index contributed by atoms with van der Waals surface area (Å²) in [6.07, 6.45) is 8.69. The Kier molecular flexibility index (Phi) is 9.85. The van der Waals surface area contributed by atoms with Gasteiger partial charge in [-0.1, -0.05) is 34.7 Å². The number of hydrogen-bond acceptors (Lipinski definition) is 9. The van der Waals surface area contributed by atoms with E-state index in [9.17, 15) is 14.4 Å². The molecule has 4 aromatic rings. The summed E-state index contributed by atoms with van der Waals surface area (Å²) in [5.41, 5.74) is 4.80. The summed E-state index contributed by atoms with van der Waals surface area (Å²) in [4.78, 5) is 52.6. The highest BCUT2D eigenvalue weighted by Crippen LogP contribution is 2.57. The number of ether oxygens (including phenoxy) is 1. The number of amides is 3. The first-order valence-corrected chi connectivity index (χ1v) is 20.2. The third-order valence-electron chi connectivity index (χ3n) is 11.5. The standard InChI is InChI=1S/C42H50N8O4S/c1-27-6-11-37(28(2)20-27)55-34-9-7-32(8-10-34)47-16-18-48(19-17-47)39(52)29-21-31(22-29)44-38(51)30-23-33(25-43-24-30)50-26-36(45-46-50)35-12-15-49(42(35)13-14-42)40(53)54-41(3,4)5/h6-11,20,23-26,29,31,35H,12-19,21-22H2,1-5H3,(H,44,51). The lowest BCUT2D eigenvalue weighted by atomic mass is 9.79. The molecule has 8 rings (SSSR count). The molecule has 1 atom stereocenters. The zero-order valence-electron chi connectivity index (χ0n) is 32.3. The summed E-state index contributed by atoms with van der Waals surface area (Å²) in [5, 5.41) is 12.0. The van der Waals surface area contributed by atoms with E-state index in [1.807, 2.05) is 36.8 Å². The number of pyridine rings is 1. The van der Waals surface area contributed by atoms with Gasteiger partial charge >= 0.3 is 6.09 Å². The van der Waals surface area contributed by atoms with Crippen molar-refractivity contribution in [3.05, 3.63) is 89.5 Å². The molecule has 2 aliphatic heterocycles. The van der Waals surface area contributed by atoms with Gasteiger partial charge < -0.3 is 24.8 Å². The van der Waals surface area contributed by atoms with E-state index in [2.05, 4.69) is 81.8 Å². The molecule has 2 aromatic heterocycles. The van der Waals surface area contributed by atoms with Crippen molar-refractivity contribution in [1.29, 1.82) is 0 Å². The van der Waals surface area contributed by atoms with Crippen LogP contribution in [0.2, 0.25) is 0 Å². The molecule has 1 N–H and O–H groups in total. The fourth-order valence-corrected chi connectivity index (χ4v) is 9.23. The largest absolute Gasteiger partial charge is 0.444 e. The molecule has 12 nitrogen and oxygen atoms in total. The summed E-state index contributed by atoms with van der Waals surface area (Å²) in [6, 6.07) is 17.0. The first kappa shape index (κ1) is 37.0. The molecule has 3 amide bonds. The fraction of sp³-hybridized carbons (Fsp3) is 0.476. The highest BCUT2D eigenvalue weighted by molar-refractivity contribution is 7.99. The molecular formula is C42H50N8O4S. The molecule has 0 radical (unpaired) electrons. The Hall–Kier alpha value is -4.91. The summed E-state index contributed by atoms with van der Waals surface area (Å²) in [7, 11) is 0. The van der Waals surface area contributed by atoms with Crippen LogP contribution < -0.4 is 10.2 Å². The van der Waals surface area contributed by atoms with Crippen LogP contribution in [0.15, 0.2) is 76.9 Å². The summed E-state index contributed by atoms with van der Waals surface area (Å²) in [6.45, 7) is 13.5. The van der Waals surface area contributed by atoms with E-state index in [0.29, 0.717) is 43.7 Å². The van der Waals surface area contributed by atoms with Gasteiger partial charge in [0.25, 0.3) is 5.91 Å². The monoisotopic (exact) mass is 762 g/mol. The second-order valence-corrected chi connectivity index (χ2v) is 17.7. The lowest BCUT2D eigenvalue weighted by Crippen LogP contribution is -2.54. The normalized spacial score (nSPS) is 21.7. The van der Waals surface area contributed by atoms with Gasteiger partial charge in [0.05, 0.1) is 34.9 Å². The zero-order chi connectivity index (χ0) is 38.5. The minimum atomic E-state index is -0.552. The minimum Gasteiger partial charge on any atom is -0.444 e. The van der Waals surface area contributed by atoms with E-state index in [1.54, 1.807) is 34.9 Å². The second-order valence-electron chi connectivity index (χ2n) is 16.6. The van der Waals surface area contributed by atoms with E-state index in [1.165, 1.54) is 26.6 Å². The quantitative estimate of drug-likeness (QED) is 0.213. The highest BCUT2D eigenvalue weighted by Gasteiger charge is 2.61. The van der Waals surface area contributed by atoms with Gasteiger partial charge in [0.1, 0.15) is 5.60 Å². The molecule has 1 spiro atoms. The Labute approximate surface area is 327 Å². The van der Waals surface area contributed by atoms with Crippen molar-refractivity contribution < 1.29 is 19.1 Å². The number of nitrogens with one attached hydrogen (secondary N) is 1. The summed E-state index contributed by atoms with van der Waals surface area (Å²) < 4.78 is 7.34. The zero-order valence-corrected chi connectivity index (χ0v) is 33.1. The molecule has 2 aromatic carbocycles. The number of hydrogen-bond donors (Lipinski definition) is 1. The van der Waals surface area contributed by atoms with Crippen LogP contribution in [0.3, 0.4) is 0 Å². The van der Waals surface area contributed by atoms with Gasteiger partial charge in [-0.15, -0.1) is 5.10 Å². The van der Waals surface area contributed by atoms with Crippen molar-refractivity contribution in [2.24, 2.45) is 5.92 Å². The summed E-state index contributed by atoms with van der Waals surface area (Å²) in [5.74, 6) is -0.0470. The Morgan fingerprint density at radius 2 is 1.65 bits per heavy atom. The molecule has 2 saturated heterocycles. The van der Waals surface area contributed by atoms with Crippen LogP contribution >= 0.6 is 11.8 Å². The van der Waals surface area contributed by atoms with E-state index in [0.717, 1.165) is 38.0 Å². The van der Waals surface area contributed by atoms with Gasteiger partial charge in [-0.2, -0.15) is 0 Å². The molecule has 55 heavy (non-hydrogen) atoms. The topological polar surface area (TPSA) is 126 Å². The number of rotatable bonds is 8. The average Bonchev–Trinajstić information content (AvgIpc) is 3.61. The second kappa shape index (κ2) is 14.6. The summed E-state index contributed by atoms with van der Waals surface area (Å²) >= 11 is 1.79. The average molecular weight is 763 g/mol. The lowest BCUT2D eigenvalue weighted by molar-refractivity contribution is -0.139. The van der Waals surface area contributed by atoms with Crippen LogP contribution in [0.1, 0.15) is 86.0 Å². The number of carbonyl (C=O) groups excluding carboxylic acids is 3. The number of anilines is 1. The number of aromatic nitrogens is 4. The fourth-order valence-electron chi connectivity index (χ4n) is 8.35. The van der Waals surface area contributed by atoms with E-state index in [-0.39, 0.29) is 41.3 Å². The Morgan fingerprint density at radius 3 is 2.35 bits per heavy atom. The van der Waals surface area contributed by atoms with Crippen LogP contribution in [0.25, 0.3) is 5.69 Å². The van der Waals surface area contributed by atoms with Crippen molar-refractivity contribution in [3.8, 4) is 5.69 Å². The van der Waals surface area contributed by atoms with Crippen LogP contribution in [-0.4, -0.2) is 97.6 Å². The molecule has 2 aliphatic carbocycles. The van der Waals surface area contributed by atoms with Gasteiger partial charge in [0, 0.05) is 72.3 Å². The van der Waals surface area contributed by atoms with Gasteiger partial charge in [0.15, 0.2) is 0 Å². The molecule has 4 heterocycles. The molecule has 288 valence electrons. The van der Waals surface area contributed by atoms with Gasteiger partial charge in [0.2, 0.25) is 5.91 Å². The SMILES string of the molecule is Cc1ccc(Sc2ccc(N3CCN(C(=O)C4CC(NC(=O)c5cncc(-n6cc(C7CCN(C(=O)OC(C)(C)C)C78CC8)nn6)c5)C4)CC3)cc2)c(C)c1. The Bertz CT molecular complexity index is 2080. The van der Waals surface area contributed by atoms with E-state index >= 15 is 0 Å². The van der Waals surface area contributed by atoms with Gasteiger partial charge in [-0.3, -0.25) is 14.6 Å². The van der Waals surface area contributed by atoms with Crippen LogP contribution in [0, 0.1) is 19.8 Å². The smallest absolute Gasteiger partial charge is 0.410 e. The van der Waals surface area contributed by atoms with Crippen molar-refractivity contribution >= 4 is 35.4 Å². The van der Waals surface area contributed by atoms with E-state index < -0.39 is 5.60 Å². The maximum absolute atomic E-state index is 13.4. The first-order chi connectivity index (χ1) is 26.3. The molecular weight excluding hydrogens is 713 g/mol. The molecule has 13 heteroatoms. The molecule has 4 aliphatic rings. The Morgan fingerprint density at radius 1 is 0.909 bits per heavy atom.